The lowest BCUT2D eigenvalue weighted by Crippen LogP contribution is -2.11. The number of unbranched alkanes of at least 4 members (excludes halogenated alkanes) is 6. The van der Waals surface area contributed by atoms with Crippen molar-refractivity contribution in [3.63, 3.8) is 0 Å². The monoisotopic (exact) mass is 414 g/mol. The van der Waals surface area contributed by atoms with Crippen LogP contribution in [0.1, 0.15) is 76.3 Å². The molecule has 0 aliphatic carbocycles. The summed E-state index contributed by atoms with van der Waals surface area (Å²) in [6.07, 6.45) is 12.7. The first-order valence-electron chi connectivity index (χ1n) is 11.3. The van der Waals surface area contributed by atoms with Crippen molar-refractivity contribution < 1.29 is 9.47 Å². The van der Waals surface area contributed by atoms with Crippen molar-refractivity contribution >= 4 is 14.5 Å². The van der Waals surface area contributed by atoms with Gasteiger partial charge in [0.15, 0.2) is 0 Å². The summed E-state index contributed by atoms with van der Waals surface area (Å²) in [5.41, 5.74) is 5.27. The molecule has 2 aromatic carbocycles. The number of rotatable bonds is 13. The van der Waals surface area contributed by atoms with Crippen LogP contribution in [0.5, 0.6) is 11.5 Å². The molecule has 2 rings (SSSR count). The van der Waals surface area contributed by atoms with E-state index >= 15 is 0 Å². The molecule has 1 atom stereocenters. The Hall–Kier alpha value is -1.53. The Labute approximate surface area is 180 Å². The molecule has 0 heterocycles. The second-order valence-electron chi connectivity index (χ2n) is 7.82. The van der Waals surface area contributed by atoms with Gasteiger partial charge >= 0.3 is 0 Å². The van der Waals surface area contributed by atoms with E-state index in [0.29, 0.717) is 0 Å². The van der Waals surface area contributed by atoms with Gasteiger partial charge in [0.1, 0.15) is 11.5 Å². The van der Waals surface area contributed by atoms with Gasteiger partial charge in [0.05, 0.1) is 19.8 Å². The van der Waals surface area contributed by atoms with Gasteiger partial charge in [0.2, 0.25) is 0 Å². The zero-order valence-electron chi connectivity index (χ0n) is 18.9. The third-order valence-corrected chi connectivity index (χ3v) is 6.39. The molecule has 0 fully saturated rings. The summed E-state index contributed by atoms with van der Waals surface area (Å²) in [7, 11) is 6.50. The molecule has 29 heavy (non-hydrogen) atoms. The van der Waals surface area contributed by atoms with Crippen molar-refractivity contribution in [2.75, 3.05) is 14.2 Å². The molecule has 0 aromatic heterocycles. The molecular formula is C26H39O2P. The van der Waals surface area contributed by atoms with E-state index in [1.54, 1.807) is 14.2 Å². The third kappa shape index (κ3) is 6.48. The van der Waals surface area contributed by atoms with Crippen LogP contribution in [-0.4, -0.2) is 14.2 Å². The lowest BCUT2D eigenvalue weighted by atomic mass is 9.92. The molecule has 0 saturated heterocycles. The first-order valence-corrected chi connectivity index (χ1v) is 11.9. The number of hydrogen-bond donors (Lipinski definition) is 0. The van der Waals surface area contributed by atoms with Gasteiger partial charge < -0.3 is 9.47 Å². The van der Waals surface area contributed by atoms with Crippen LogP contribution in [0.4, 0.5) is 0 Å². The van der Waals surface area contributed by atoms with Crippen LogP contribution < -0.4 is 14.8 Å². The Balaban J connectivity index is 2.42. The number of hydrogen-bond acceptors (Lipinski definition) is 2. The van der Waals surface area contributed by atoms with Gasteiger partial charge in [-0.1, -0.05) is 70.6 Å². The second-order valence-corrected chi connectivity index (χ2v) is 8.40. The van der Waals surface area contributed by atoms with Crippen LogP contribution in [0, 0.1) is 0 Å². The van der Waals surface area contributed by atoms with Gasteiger partial charge in [-0.05, 0) is 59.8 Å². The quantitative estimate of drug-likeness (QED) is 0.257. The molecule has 3 heteroatoms. The van der Waals surface area contributed by atoms with E-state index in [0.717, 1.165) is 23.5 Å². The highest BCUT2D eigenvalue weighted by Crippen LogP contribution is 2.39. The lowest BCUT2D eigenvalue weighted by Gasteiger charge is -2.20. The van der Waals surface area contributed by atoms with Gasteiger partial charge in [-0.25, -0.2) is 0 Å². The standard InChI is InChI=1S/C26H39O2P/c1-5-7-9-11-14-20-18-19-22(26(29)21(20)15-12-10-8-6-2)25-23(27-3)16-13-17-24(25)28-4/h13,16-19H,5-12,14-15,29H2,1-4H3. The average Bonchev–Trinajstić information content (AvgIpc) is 2.75. The van der Waals surface area contributed by atoms with E-state index in [1.807, 2.05) is 18.2 Å². The summed E-state index contributed by atoms with van der Waals surface area (Å²) in [5, 5.41) is 1.30. The fraction of sp³-hybridized carbons (Fsp3) is 0.538. The molecule has 0 aliphatic heterocycles. The Morgan fingerprint density at radius 2 is 1.31 bits per heavy atom. The minimum Gasteiger partial charge on any atom is -0.496 e. The molecule has 1 unspecified atom stereocenters. The van der Waals surface area contributed by atoms with Gasteiger partial charge in [0.25, 0.3) is 0 Å². The summed E-state index contributed by atoms with van der Waals surface area (Å²) >= 11 is 0. The van der Waals surface area contributed by atoms with Gasteiger partial charge in [-0.15, -0.1) is 9.24 Å². The maximum Gasteiger partial charge on any atom is 0.130 e. The Morgan fingerprint density at radius 3 is 1.86 bits per heavy atom. The largest absolute Gasteiger partial charge is 0.496 e. The molecule has 2 aromatic rings. The SMILES string of the molecule is CCCCCCc1ccc(-c2c(OC)cccc2OC)c(P)c1CCCCCC. The van der Waals surface area contributed by atoms with Gasteiger partial charge in [-0.2, -0.15) is 0 Å². The minimum atomic E-state index is 0.862. The number of aryl methyl sites for hydroxylation is 1. The summed E-state index contributed by atoms with van der Waals surface area (Å²) in [6, 6.07) is 10.6. The van der Waals surface area contributed by atoms with Crippen molar-refractivity contribution in [3.8, 4) is 22.6 Å². The van der Waals surface area contributed by atoms with Crippen molar-refractivity contribution in [2.24, 2.45) is 0 Å². The van der Waals surface area contributed by atoms with Crippen molar-refractivity contribution in [1.82, 2.24) is 0 Å². The maximum absolute atomic E-state index is 5.68. The smallest absolute Gasteiger partial charge is 0.130 e. The molecule has 2 nitrogen and oxygen atoms in total. The summed E-state index contributed by atoms with van der Waals surface area (Å²) in [5.74, 6) is 1.72. The topological polar surface area (TPSA) is 18.5 Å². The molecule has 0 spiro atoms. The van der Waals surface area contributed by atoms with E-state index < -0.39 is 0 Å². The fourth-order valence-corrected chi connectivity index (χ4v) is 4.62. The highest BCUT2D eigenvalue weighted by atomic mass is 31.0. The molecule has 0 aliphatic rings. The average molecular weight is 415 g/mol. The fourth-order valence-electron chi connectivity index (χ4n) is 4.04. The zero-order chi connectivity index (χ0) is 21.1. The number of methoxy groups -OCH3 is 2. The highest BCUT2D eigenvalue weighted by molar-refractivity contribution is 7.28. The van der Waals surface area contributed by atoms with E-state index in [4.69, 9.17) is 9.47 Å². The van der Waals surface area contributed by atoms with Crippen LogP contribution in [0.25, 0.3) is 11.1 Å². The number of benzene rings is 2. The lowest BCUT2D eigenvalue weighted by molar-refractivity contribution is 0.397. The molecule has 0 bridgehead atoms. The van der Waals surface area contributed by atoms with Crippen LogP contribution >= 0.6 is 9.24 Å². The van der Waals surface area contributed by atoms with E-state index in [-0.39, 0.29) is 0 Å². The summed E-state index contributed by atoms with van der Waals surface area (Å²) in [6.45, 7) is 4.55. The minimum absolute atomic E-state index is 0.862. The molecule has 0 radical (unpaired) electrons. The third-order valence-electron chi connectivity index (χ3n) is 5.73. The Kier molecular flexibility index (Phi) is 10.6. The second kappa shape index (κ2) is 12.9. The van der Waals surface area contributed by atoms with E-state index in [9.17, 15) is 0 Å². The first kappa shape index (κ1) is 23.7. The predicted molar refractivity (Wildman–Crippen MR) is 130 cm³/mol. The number of ether oxygens (including phenoxy) is 2. The Morgan fingerprint density at radius 1 is 0.724 bits per heavy atom. The van der Waals surface area contributed by atoms with Crippen molar-refractivity contribution in [2.45, 2.75) is 78.1 Å². The van der Waals surface area contributed by atoms with Gasteiger partial charge in [-0.3, -0.25) is 0 Å². The first-order chi connectivity index (χ1) is 14.2. The molecular weight excluding hydrogens is 375 g/mol. The Bertz CT molecular complexity index is 732. The van der Waals surface area contributed by atoms with Crippen LogP contribution in [0.2, 0.25) is 0 Å². The zero-order valence-corrected chi connectivity index (χ0v) is 20.0. The molecule has 0 amide bonds. The maximum atomic E-state index is 5.68. The highest BCUT2D eigenvalue weighted by Gasteiger charge is 2.18. The summed E-state index contributed by atoms with van der Waals surface area (Å²) < 4.78 is 11.4. The van der Waals surface area contributed by atoms with E-state index in [2.05, 4.69) is 35.2 Å². The van der Waals surface area contributed by atoms with Gasteiger partial charge in [0, 0.05) is 0 Å². The molecule has 0 N–H and O–H groups in total. The summed E-state index contributed by atoms with van der Waals surface area (Å²) in [4.78, 5) is 0. The van der Waals surface area contributed by atoms with Crippen LogP contribution in [-0.2, 0) is 12.8 Å². The van der Waals surface area contributed by atoms with Crippen molar-refractivity contribution in [1.29, 1.82) is 0 Å². The van der Waals surface area contributed by atoms with Crippen LogP contribution in [0.3, 0.4) is 0 Å². The van der Waals surface area contributed by atoms with E-state index in [1.165, 1.54) is 79.8 Å². The predicted octanol–water partition coefficient (Wildman–Crippen LogP) is 7.12. The van der Waals surface area contributed by atoms with Crippen molar-refractivity contribution in [3.05, 3.63) is 41.5 Å². The normalized spacial score (nSPS) is 10.9. The molecule has 160 valence electrons. The van der Waals surface area contributed by atoms with Crippen LogP contribution in [0.15, 0.2) is 30.3 Å². The molecule has 0 saturated carbocycles.